The van der Waals surface area contributed by atoms with E-state index in [0.717, 1.165) is 153 Å². The average Bonchev–Trinajstić information content (AvgIpc) is 1.70. The minimum absolute atomic E-state index is 0.0145. The van der Waals surface area contributed by atoms with E-state index in [1.165, 1.54) is 37.0 Å². The fourth-order valence-electron chi connectivity index (χ4n) is 22.2. The number of hydroxylamine groups is 6. The fourth-order valence-corrected chi connectivity index (χ4v) is 22.9. The number of pyridine rings is 1. The van der Waals surface area contributed by atoms with E-state index in [2.05, 4.69) is 37.9 Å². The van der Waals surface area contributed by atoms with Crippen molar-refractivity contribution in [3.05, 3.63) is 265 Å². The zero-order valence-electron chi connectivity index (χ0n) is 79.2. The van der Waals surface area contributed by atoms with Crippen LogP contribution < -0.4 is 32.9 Å². The number of carbonyl (C=O) groups is 12. The number of hydrogen-bond acceptors (Lipinski definition) is 22. The van der Waals surface area contributed by atoms with Crippen LogP contribution in [0, 0.1) is 42.4 Å². The van der Waals surface area contributed by atoms with Gasteiger partial charge in [0.25, 0.3) is 59.1 Å². The summed E-state index contributed by atoms with van der Waals surface area (Å²) in [5.41, 5.74) is 21.3. The number of fused-ring (bicyclic) bond motifs is 9. The Bertz CT molecular complexity index is 6990. The van der Waals surface area contributed by atoms with Gasteiger partial charge in [-0.05, 0) is 167 Å². The monoisotopic (exact) mass is 1970 g/mol. The van der Waals surface area contributed by atoms with Gasteiger partial charge < -0.3 is 66.8 Å². The molecule has 3 aromatic carbocycles. The van der Waals surface area contributed by atoms with Gasteiger partial charge in [0.05, 0.1) is 82.9 Å². The van der Waals surface area contributed by atoms with Gasteiger partial charge in [-0.2, -0.15) is 0 Å². The second-order valence-corrected chi connectivity index (χ2v) is 39.5. The number of nitrogens with zero attached hydrogens (tertiary/aromatic N) is 15. The first-order valence-electron chi connectivity index (χ1n) is 47.9. The Balaban J connectivity index is 0.000000113. The Morgan fingerprint density at radius 1 is 0.399 bits per heavy atom. The molecule has 11 aliphatic rings. The van der Waals surface area contributed by atoms with Gasteiger partial charge in [-0.3, -0.25) is 93.8 Å². The standard InChI is InChI=1S/C19H20N4O3.C19H18N4O3.C18H24N4O3.C17H16N4O3.C15H22N4O3.C13H13N3O3S/c1-11-3-4-16-15(7-11)12(2)17(20-16)19(25)23-6-5-22-9-13(18(24)21-26)8-14(22)10-23;24-18(21-26)13-10-14-12-23(9-3-8-22(14)11-13)19(25)16-6-7-20-17-5-2-1-4-15(16)17;23-16(20-25)14-9-21-1-2-22(10-15(21)19-14)17(24)18-6-11-3-12(7-18)5-13(4-11)8-18;22-16(19-24)12-7-13-10-21(6-5-20(13)9-12)17(23)15-8-11-3-1-2-4-14(11)18-15;1-15(5-3-2-4-6-15)14(21)19-8-7-18-9-11(13(20)17-22)16-12(18)10-19;17-12(14-19)9-6-10-8-16(4-3-15(10)7-9)13(18)11-2-1-5-20-11/h3-4,7-9,20,26H,5-6,10H2,1-2H3,(H,21,24);1-2,4-7,10-11,26H,3,8-9,12H2,(H,21,24);9,11-13,25H,1-8,10H2,(H,20,23);1-4,7-9,18,24H,5-6,10H2,(H,19,22);9,22H,2-8,10H2,1H3,(H,17,20);1-2,5-7,19H,3-4,8H2,(H,14,17). The lowest BCUT2D eigenvalue weighted by molar-refractivity contribution is -0.159. The molecule has 143 heavy (non-hydrogen) atoms. The fraction of sp³-hybridized carbons (Fsp3) is 0.376. The average molecular weight is 1970 g/mol. The number of amides is 12. The maximum atomic E-state index is 13.4. The summed E-state index contributed by atoms with van der Waals surface area (Å²) in [5, 5.41) is 57.2. The zero-order valence-corrected chi connectivity index (χ0v) is 80.0. The third-order valence-electron chi connectivity index (χ3n) is 29.2. The molecule has 41 nitrogen and oxygen atoms in total. The second-order valence-electron chi connectivity index (χ2n) is 38.6. The largest absolute Gasteiger partial charge is 0.351 e. The van der Waals surface area contributed by atoms with Crippen LogP contribution in [0.15, 0.2) is 164 Å². The Morgan fingerprint density at radius 3 is 1.36 bits per heavy atom. The number of hydrogen-bond donors (Lipinski definition) is 14. The summed E-state index contributed by atoms with van der Waals surface area (Å²) in [4.78, 5) is 177. The third kappa shape index (κ3) is 20.7. The number of aromatic amines is 2. The minimum atomic E-state index is -0.626. The maximum Gasteiger partial charge on any atom is 0.294 e. The first-order valence-corrected chi connectivity index (χ1v) is 48.8. The van der Waals surface area contributed by atoms with Crippen LogP contribution in [-0.4, -0.2) is 223 Å². The smallest absolute Gasteiger partial charge is 0.294 e. The van der Waals surface area contributed by atoms with E-state index < -0.39 is 35.4 Å². The van der Waals surface area contributed by atoms with Crippen molar-refractivity contribution in [2.45, 2.75) is 176 Å². The summed E-state index contributed by atoms with van der Waals surface area (Å²) in [6.45, 7) is 16.2. The van der Waals surface area contributed by atoms with Crippen molar-refractivity contribution in [2.75, 3.05) is 39.3 Å². The number of thiophene rings is 1. The van der Waals surface area contributed by atoms with Gasteiger partial charge >= 0.3 is 0 Å². The number of nitrogens with one attached hydrogen (secondary N) is 8. The number of imidazole rings is 2. The van der Waals surface area contributed by atoms with Gasteiger partial charge in [0.2, 0.25) is 11.8 Å². The van der Waals surface area contributed by atoms with Crippen molar-refractivity contribution in [3.8, 4) is 0 Å². The summed E-state index contributed by atoms with van der Waals surface area (Å²) in [6, 6.07) is 35.5. The van der Waals surface area contributed by atoms with Crippen LogP contribution in [0.1, 0.15) is 233 Å². The van der Waals surface area contributed by atoms with Crippen LogP contribution in [0.5, 0.6) is 0 Å². The summed E-state index contributed by atoms with van der Waals surface area (Å²) < 4.78 is 11.5. The van der Waals surface area contributed by atoms with E-state index in [1.807, 2.05) is 135 Å². The van der Waals surface area contributed by atoms with Gasteiger partial charge in [0.1, 0.15) is 34.4 Å². The molecule has 42 heteroatoms. The van der Waals surface area contributed by atoms with Crippen LogP contribution in [0.25, 0.3) is 32.7 Å². The van der Waals surface area contributed by atoms with E-state index in [1.54, 1.807) is 126 Å². The van der Waals surface area contributed by atoms with E-state index in [0.29, 0.717) is 162 Å². The van der Waals surface area contributed by atoms with Gasteiger partial charge in [-0.15, -0.1) is 11.3 Å². The predicted molar refractivity (Wildman–Crippen MR) is 516 cm³/mol. The molecule has 0 spiro atoms. The molecule has 5 fully saturated rings. The van der Waals surface area contributed by atoms with Crippen LogP contribution in [-0.2, 0) is 88.1 Å². The number of aromatic nitrogens is 11. The zero-order chi connectivity index (χ0) is 100. The summed E-state index contributed by atoms with van der Waals surface area (Å²) in [7, 11) is 0. The molecule has 5 aliphatic carbocycles. The molecule has 0 atom stereocenters. The van der Waals surface area contributed by atoms with Crippen molar-refractivity contribution >= 4 is 115 Å². The Hall–Kier alpha value is -15.2. The summed E-state index contributed by atoms with van der Waals surface area (Å²) in [5.74, 6) is 0.619. The minimum Gasteiger partial charge on any atom is -0.351 e. The molecule has 14 N–H and O–H groups in total. The van der Waals surface area contributed by atoms with Crippen molar-refractivity contribution in [3.63, 3.8) is 0 Å². The van der Waals surface area contributed by atoms with Crippen LogP contribution >= 0.6 is 11.3 Å². The Labute approximate surface area is 823 Å². The Kier molecular flexibility index (Phi) is 28.7. The lowest BCUT2D eigenvalue weighted by Crippen LogP contribution is -2.55. The molecule has 10 aromatic heterocycles. The number of para-hydroxylation sites is 2. The highest BCUT2D eigenvalue weighted by atomic mass is 32.1. The molecule has 6 aliphatic heterocycles. The summed E-state index contributed by atoms with van der Waals surface area (Å²) >= 11 is 1.42. The molecule has 0 unspecified atom stereocenters. The van der Waals surface area contributed by atoms with Gasteiger partial charge in [0, 0.05) is 177 Å². The highest BCUT2D eigenvalue weighted by Gasteiger charge is 2.56. The number of benzene rings is 3. The summed E-state index contributed by atoms with van der Waals surface area (Å²) in [6.07, 6.45) is 25.0. The van der Waals surface area contributed by atoms with Crippen LogP contribution in [0.4, 0.5) is 0 Å². The number of rotatable bonds is 12. The highest BCUT2D eigenvalue weighted by Crippen LogP contribution is 2.61. The molecular formula is C101H113N23O18S. The molecule has 12 amide bonds. The Morgan fingerprint density at radius 2 is 0.860 bits per heavy atom. The van der Waals surface area contributed by atoms with Gasteiger partial charge in [0.15, 0.2) is 0 Å². The third-order valence-corrected chi connectivity index (χ3v) is 30.1. The van der Waals surface area contributed by atoms with E-state index >= 15 is 0 Å². The first-order chi connectivity index (χ1) is 69.1. The number of aryl methyl sites for hydroxylation is 3. The lowest BCUT2D eigenvalue weighted by atomic mass is 9.49. The molecule has 13 aromatic rings. The van der Waals surface area contributed by atoms with E-state index in [9.17, 15) is 57.5 Å². The SMILES string of the molecule is CC1(C(=O)N2CCn3cc(C(=O)NO)nc3C2)CCCCC1.Cc1ccc2[nH]c(C(=O)N3CCn4cc(C(=O)NO)cc4C3)c(C)c2c1.O=C(NO)c1cc2n(c1)CCCN(C(=O)c1ccnc3ccccc13)C2.O=C(NO)c1cc2n(c1)CCN(C(=O)c1cc3ccccc3[nH]1)C2.O=C(NO)c1cc2n(c1)CCN(C(=O)c1cccs1)C2.O=C(NO)c1cn2c(n1)CN(C(=O)C13CC4CC(CC(C4)C1)C3)CC2. The molecule has 4 bridgehead atoms. The molecule has 24 rings (SSSR count). The molecule has 0 saturated heterocycles. The topological polar surface area (TPSA) is 518 Å². The number of H-pyrrole nitrogens is 2. The predicted octanol–water partition coefficient (Wildman–Crippen LogP) is 10.5. The second kappa shape index (κ2) is 41.9. The maximum absolute atomic E-state index is 13.4. The van der Waals surface area contributed by atoms with E-state index in [4.69, 9.17) is 31.2 Å². The van der Waals surface area contributed by atoms with Crippen molar-refractivity contribution in [1.82, 2.24) is 115 Å². The van der Waals surface area contributed by atoms with Crippen LogP contribution in [0.2, 0.25) is 0 Å². The quantitative estimate of drug-likeness (QED) is 0.0399. The molecular weight excluding hydrogens is 1860 g/mol. The van der Waals surface area contributed by atoms with Crippen molar-refractivity contribution in [2.24, 2.45) is 28.6 Å². The van der Waals surface area contributed by atoms with E-state index in [-0.39, 0.29) is 51.8 Å². The van der Waals surface area contributed by atoms with Crippen molar-refractivity contribution < 1.29 is 88.8 Å². The van der Waals surface area contributed by atoms with Crippen LogP contribution in [0.3, 0.4) is 0 Å². The molecule has 16 heterocycles. The highest BCUT2D eigenvalue weighted by molar-refractivity contribution is 7.12. The lowest BCUT2D eigenvalue weighted by Gasteiger charge is -2.56. The molecule has 0 radical (unpaired) electrons. The number of carbonyl (C=O) groups excluding carboxylic acids is 12. The van der Waals surface area contributed by atoms with Crippen molar-refractivity contribution in [1.29, 1.82) is 0 Å². The normalized spacial score (nSPS) is 18.7. The first kappa shape index (κ1) is 98.0. The van der Waals surface area contributed by atoms with Gasteiger partial charge in [-0.25, -0.2) is 42.8 Å². The molecule has 5 saturated carbocycles. The molecule has 746 valence electrons. The van der Waals surface area contributed by atoms with Gasteiger partial charge in [-0.1, -0.05) is 80.3 Å².